The molecule has 3 aromatic rings. The number of rotatable bonds is 5. The number of benzene rings is 2. The largest absolute Gasteiger partial charge is 0.336 e. The number of para-hydroxylation sites is 1. The monoisotopic (exact) mass is 412 g/mol. The van der Waals surface area contributed by atoms with Gasteiger partial charge in [-0.25, -0.2) is 9.37 Å². The Morgan fingerprint density at radius 3 is 2.72 bits per heavy atom. The number of aromatic nitrogens is 1. The number of nitrogens with one attached hydrogen (secondary N) is 1. The Labute approximate surface area is 175 Å². The van der Waals surface area contributed by atoms with Gasteiger partial charge in [0.15, 0.2) is 6.04 Å². The number of hydrogen-bond acceptors (Lipinski definition) is 3. The van der Waals surface area contributed by atoms with Crippen LogP contribution < -0.4 is 4.90 Å². The minimum absolute atomic E-state index is 0.0927. The maximum absolute atomic E-state index is 13.4. The molecular weight excluding hydrogens is 385 g/mol. The summed E-state index contributed by atoms with van der Waals surface area (Å²) in [5.41, 5.74) is 1.90. The summed E-state index contributed by atoms with van der Waals surface area (Å²) in [6.45, 7) is 4.39. The number of fused-ring (bicyclic) bond motifs is 1. The number of quaternary nitrogens is 1. The highest BCUT2D eigenvalue weighted by Gasteiger charge is 2.33. The third-order valence-electron chi connectivity index (χ3n) is 5.96. The molecule has 1 atom stereocenters. The number of thiazole rings is 1. The third kappa shape index (κ3) is 4.49. The van der Waals surface area contributed by atoms with Crippen LogP contribution >= 0.6 is 11.3 Å². The average molecular weight is 413 g/mol. The van der Waals surface area contributed by atoms with Crippen LogP contribution in [0.15, 0.2) is 48.5 Å². The van der Waals surface area contributed by atoms with Crippen LogP contribution in [0.25, 0.3) is 10.2 Å². The Morgan fingerprint density at radius 1 is 1.24 bits per heavy atom. The Kier molecular flexibility index (Phi) is 5.92. The molecule has 0 radical (unpaired) electrons. The summed E-state index contributed by atoms with van der Waals surface area (Å²) >= 11 is 1.80. The van der Waals surface area contributed by atoms with Gasteiger partial charge < -0.3 is 9.80 Å². The molecule has 0 aliphatic carbocycles. The third-order valence-corrected chi connectivity index (χ3v) is 7.15. The first-order valence-corrected chi connectivity index (χ1v) is 11.0. The molecule has 152 valence electrons. The number of halogens is 1. The second-order valence-electron chi connectivity index (χ2n) is 8.00. The molecule has 0 saturated carbocycles. The minimum Gasteiger partial charge on any atom is -0.336 e. The van der Waals surface area contributed by atoms with E-state index in [4.69, 9.17) is 4.98 Å². The molecule has 4 nitrogen and oxygen atoms in total. The minimum atomic E-state index is -0.265. The maximum atomic E-state index is 13.4. The van der Waals surface area contributed by atoms with Crippen LogP contribution in [-0.2, 0) is 11.3 Å². The van der Waals surface area contributed by atoms with Crippen LogP contribution in [-0.4, -0.2) is 42.0 Å². The lowest BCUT2D eigenvalue weighted by Crippen LogP contribution is -3.17. The highest BCUT2D eigenvalue weighted by molar-refractivity contribution is 7.18. The van der Waals surface area contributed by atoms with Crippen molar-refractivity contribution in [3.05, 3.63) is 64.9 Å². The molecule has 2 heterocycles. The highest BCUT2D eigenvalue weighted by atomic mass is 32.1. The van der Waals surface area contributed by atoms with Gasteiger partial charge in [-0.2, -0.15) is 0 Å². The molecule has 1 saturated heterocycles. The fraction of sp³-hybridized carbons (Fsp3) is 0.391. The number of nitrogens with zero attached hydrogens (tertiary/aromatic N) is 2. The molecule has 29 heavy (non-hydrogen) atoms. The maximum Gasteiger partial charge on any atom is 0.280 e. The lowest BCUT2D eigenvalue weighted by atomic mass is 9.96. The van der Waals surface area contributed by atoms with Gasteiger partial charge in [-0.3, -0.25) is 4.79 Å². The lowest BCUT2D eigenvalue weighted by molar-refractivity contribution is -0.919. The fourth-order valence-electron chi connectivity index (χ4n) is 4.23. The Hall–Kier alpha value is -2.31. The van der Waals surface area contributed by atoms with E-state index >= 15 is 0 Å². The van der Waals surface area contributed by atoms with Gasteiger partial charge in [-0.05, 0) is 36.8 Å². The molecule has 2 aromatic carbocycles. The van der Waals surface area contributed by atoms with Crippen LogP contribution in [0.3, 0.4) is 0 Å². The molecule has 0 unspecified atom stereocenters. The average Bonchev–Trinajstić information content (AvgIpc) is 3.17. The molecule has 1 N–H and O–H groups in total. The molecule has 1 fully saturated rings. The van der Waals surface area contributed by atoms with Crippen molar-refractivity contribution < 1.29 is 14.1 Å². The summed E-state index contributed by atoms with van der Waals surface area (Å²) in [4.78, 5) is 20.8. The number of piperidine rings is 1. The normalized spacial score (nSPS) is 20.5. The fourth-order valence-corrected chi connectivity index (χ4v) is 5.36. The van der Waals surface area contributed by atoms with Crippen LogP contribution in [0, 0.1) is 5.82 Å². The van der Waals surface area contributed by atoms with Gasteiger partial charge in [0, 0.05) is 32.4 Å². The molecule has 0 spiro atoms. The van der Waals surface area contributed by atoms with Crippen molar-refractivity contribution in [3.63, 3.8) is 0 Å². The number of hydrogen-bond donors (Lipinski definition) is 1. The summed E-state index contributed by atoms with van der Waals surface area (Å²) < 4.78 is 14.7. The van der Waals surface area contributed by atoms with Crippen LogP contribution in [0.2, 0.25) is 0 Å². The van der Waals surface area contributed by atoms with E-state index in [-0.39, 0.29) is 17.8 Å². The van der Waals surface area contributed by atoms with Gasteiger partial charge in [0.05, 0.1) is 28.3 Å². The van der Waals surface area contributed by atoms with E-state index in [9.17, 15) is 9.18 Å². The zero-order valence-electron chi connectivity index (χ0n) is 16.9. The number of likely N-dealkylation sites (N-methyl/N-ethyl adjacent to an activating group) is 1. The van der Waals surface area contributed by atoms with Gasteiger partial charge in [0.25, 0.3) is 5.91 Å². The first kappa shape index (κ1) is 20.0. The lowest BCUT2D eigenvalue weighted by Gasteiger charge is -2.33. The van der Waals surface area contributed by atoms with Crippen molar-refractivity contribution in [1.82, 2.24) is 9.88 Å². The van der Waals surface area contributed by atoms with E-state index in [1.165, 1.54) is 26.7 Å². The van der Waals surface area contributed by atoms with Crippen molar-refractivity contribution in [1.29, 1.82) is 0 Å². The summed E-state index contributed by atoms with van der Waals surface area (Å²) in [5.74, 6) is 0.338. The zero-order chi connectivity index (χ0) is 20.4. The number of carbonyl (C=O) groups excluding carboxylic acids is 1. The molecule has 4 rings (SSSR count). The molecule has 6 heteroatoms. The molecule has 1 aromatic heterocycles. The summed E-state index contributed by atoms with van der Waals surface area (Å²) in [7, 11) is 1.80. The van der Waals surface area contributed by atoms with E-state index in [0.717, 1.165) is 37.0 Å². The first-order chi connectivity index (χ1) is 14.0. The van der Waals surface area contributed by atoms with Gasteiger partial charge in [-0.15, -0.1) is 11.3 Å². The van der Waals surface area contributed by atoms with Gasteiger partial charge >= 0.3 is 0 Å². The van der Waals surface area contributed by atoms with E-state index in [1.54, 1.807) is 29.4 Å². The predicted octanol–water partition coefficient (Wildman–Crippen LogP) is 3.24. The Balaban J connectivity index is 1.34. The van der Waals surface area contributed by atoms with Crippen molar-refractivity contribution in [2.45, 2.75) is 38.3 Å². The first-order valence-electron chi connectivity index (χ1n) is 10.2. The Bertz CT molecular complexity index is 963. The SMILES string of the molecule is C[C@H](C(=O)N(C)Cc1cccc(F)c1)[NH+]1CCC(c2nc3ccccc3s2)CC1. The Morgan fingerprint density at radius 2 is 2.00 bits per heavy atom. The second-order valence-corrected chi connectivity index (χ2v) is 9.06. The number of likely N-dealkylation sites (tertiary alicyclic amines) is 1. The molecular formula is C23H27FN3OS+. The highest BCUT2D eigenvalue weighted by Crippen LogP contribution is 2.31. The van der Waals surface area contributed by atoms with Crippen molar-refractivity contribution in [2.75, 3.05) is 20.1 Å². The molecule has 1 aliphatic heterocycles. The number of amides is 1. The van der Waals surface area contributed by atoms with Crippen LogP contribution in [0.5, 0.6) is 0 Å². The summed E-state index contributed by atoms with van der Waals surface area (Å²) in [5, 5.41) is 1.23. The second kappa shape index (κ2) is 8.59. The molecule has 1 amide bonds. The van der Waals surface area contributed by atoms with E-state index in [0.29, 0.717) is 12.5 Å². The summed E-state index contributed by atoms with van der Waals surface area (Å²) in [6, 6.07) is 14.7. The predicted molar refractivity (Wildman–Crippen MR) is 115 cm³/mol. The van der Waals surface area contributed by atoms with E-state index in [1.807, 2.05) is 19.1 Å². The van der Waals surface area contributed by atoms with E-state index in [2.05, 4.69) is 18.2 Å². The van der Waals surface area contributed by atoms with Gasteiger partial charge in [0.2, 0.25) is 0 Å². The summed E-state index contributed by atoms with van der Waals surface area (Å²) in [6.07, 6.45) is 2.11. The molecule has 0 bridgehead atoms. The topological polar surface area (TPSA) is 37.6 Å². The van der Waals surface area contributed by atoms with Gasteiger partial charge in [0.1, 0.15) is 5.82 Å². The van der Waals surface area contributed by atoms with E-state index < -0.39 is 0 Å². The van der Waals surface area contributed by atoms with Crippen molar-refractivity contribution in [3.8, 4) is 0 Å². The van der Waals surface area contributed by atoms with Crippen LogP contribution in [0.4, 0.5) is 4.39 Å². The quantitative estimate of drug-likeness (QED) is 0.699. The molecule has 1 aliphatic rings. The smallest absolute Gasteiger partial charge is 0.280 e. The standard InChI is InChI=1S/C23H26FN3OS/c1-16(23(28)26(2)15-17-6-5-7-19(24)14-17)27-12-10-18(11-13-27)22-25-20-8-3-4-9-21(20)29-22/h3-9,14,16,18H,10-13,15H2,1-2H3/p+1/t16-/m1/s1. The van der Waals surface area contributed by atoms with Crippen molar-refractivity contribution >= 4 is 27.5 Å². The zero-order valence-corrected chi connectivity index (χ0v) is 17.7. The van der Waals surface area contributed by atoms with Crippen molar-refractivity contribution in [2.24, 2.45) is 0 Å². The van der Waals surface area contributed by atoms with Crippen LogP contribution in [0.1, 0.15) is 36.3 Å². The van der Waals surface area contributed by atoms with Gasteiger partial charge in [-0.1, -0.05) is 24.3 Å². The number of carbonyl (C=O) groups is 1.